The molecular weight excluding hydrogens is 441 g/mol. The van der Waals surface area contributed by atoms with E-state index in [9.17, 15) is 24.1 Å². The molecule has 0 unspecified atom stereocenters. The van der Waals surface area contributed by atoms with Gasteiger partial charge in [-0.25, -0.2) is 4.39 Å². The Morgan fingerprint density at radius 3 is 2.56 bits per heavy atom. The summed E-state index contributed by atoms with van der Waals surface area (Å²) < 4.78 is 19.1. The number of nitro benzene ring substituents is 1. The van der Waals surface area contributed by atoms with Crippen LogP contribution < -0.4 is 4.90 Å². The number of amides is 1. The molecule has 0 aromatic heterocycles. The molecule has 0 aliphatic carbocycles. The molecule has 1 fully saturated rings. The molecular formula is C22H23ClFN3O5. The molecule has 1 saturated heterocycles. The van der Waals surface area contributed by atoms with Crippen LogP contribution in [0, 0.1) is 21.8 Å². The molecule has 1 heterocycles. The average Bonchev–Trinajstić information content (AvgIpc) is 2.79. The van der Waals surface area contributed by atoms with Crippen molar-refractivity contribution in [1.29, 1.82) is 0 Å². The van der Waals surface area contributed by atoms with Crippen LogP contribution >= 0.6 is 11.6 Å². The summed E-state index contributed by atoms with van der Waals surface area (Å²) in [4.78, 5) is 38.6. The zero-order chi connectivity index (χ0) is 23.3. The van der Waals surface area contributed by atoms with E-state index >= 15 is 0 Å². The molecule has 32 heavy (non-hydrogen) atoms. The second-order valence-electron chi connectivity index (χ2n) is 7.56. The number of hydrogen-bond acceptors (Lipinski definition) is 6. The third-order valence-corrected chi connectivity index (χ3v) is 5.82. The van der Waals surface area contributed by atoms with Crippen molar-refractivity contribution in [3.8, 4) is 0 Å². The van der Waals surface area contributed by atoms with Gasteiger partial charge in [-0.15, -0.1) is 0 Å². The molecule has 0 saturated carbocycles. The summed E-state index contributed by atoms with van der Waals surface area (Å²) in [5, 5.41) is 11.4. The molecule has 10 heteroatoms. The minimum Gasteiger partial charge on any atom is -0.455 e. The van der Waals surface area contributed by atoms with Gasteiger partial charge in [0.1, 0.15) is 11.5 Å². The Kier molecular flexibility index (Phi) is 7.63. The fourth-order valence-electron chi connectivity index (χ4n) is 3.61. The maximum Gasteiger partial charge on any atom is 0.309 e. The van der Waals surface area contributed by atoms with E-state index in [2.05, 4.69) is 0 Å². The Morgan fingerprint density at radius 2 is 1.91 bits per heavy atom. The smallest absolute Gasteiger partial charge is 0.309 e. The highest BCUT2D eigenvalue weighted by Gasteiger charge is 2.29. The lowest BCUT2D eigenvalue weighted by atomic mass is 9.96. The predicted molar refractivity (Wildman–Crippen MR) is 117 cm³/mol. The first-order chi connectivity index (χ1) is 15.3. The van der Waals surface area contributed by atoms with Crippen molar-refractivity contribution in [2.75, 3.05) is 31.6 Å². The van der Waals surface area contributed by atoms with E-state index in [-0.39, 0.29) is 22.8 Å². The van der Waals surface area contributed by atoms with E-state index in [1.54, 1.807) is 18.2 Å². The Labute approximate surface area is 189 Å². The highest BCUT2D eigenvalue weighted by Crippen LogP contribution is 2.31. The molecule has 0 atom stereocenters. The maximum absolute atomic E-state index is 13.9. The van der Waals surface area contributed by atoms with Crippen molar-refractivity contribution >= 4 is 34.9 Å². The van der Waals surface area contributed by atoms with Gasteiger partial charge < -0.3 is 14.5 Å². The molecule has 0 spiro atoms. The van der Waals surface area contributed by atoms with Gasteiger partial charge in [0.25, 0.3) is 11.6 Å². The van der Waals surface area contributed by atoms with Crippen molar-refractivity contribution in [3.05, 3.63) is 69.0 Å². The molecule has 2 aromatic carbocycles. The molecule has 1 aliphatic heterocycles. The summed E-state index contributed by atoms with van der Waals surface area (Å²) in [6.07, 6.45) is 0.916. The number of esters is 1. The first-order valence-electron chi connectivity index (χ1n) is 10.1. The first-order valence-corrected chi connectivity index (χ1v) is 10.5. The van der Waals surface area contributed by atoms with Gasteiger partial charge in [0, 0.05) is 43.3 Å². The quantitative estimate of drug-likeness (QED) is 0.352. The molecule has 1 amide bonds. The topological polar surface area (TPSA) is 93.0 Å². The van der Waals surface area contributed by atoms with Gasteiger partial charge in [0.15, 0.2) is 6.61 Å². The Morgan fingerprint density at radius 1 is 1.22 bits per heavy atom. The van der Waals surface area contributed by atoms with Gasteiger partial charge in [-0.1, -0.05) is 29.8 Å². The fraction of sp³-hybridized carbons (Fsp3) is 0.364. The lowest BCUT2D eigenvalue weighted by molar-refractivity contribution is -0.384. The minimum absolute atomic E-state index is 0.0251. The monoisotopic (exact) mass is 463 g/mol. The van der Waals surface area contributed by atoms with Gasteiger partial charge in [-0.3, -0.25) is 19.7 Å². The Bertz CT molecular complexity index is 991. The van der Waals surface area contributed by atoms with E-state index in [0.29, 0.717) is 31.6 Å². The number of anilines is 1. The van der Waals surface area contributed by atoms with E-state index < -0.39 is 35.1 Å². The van der Waals surface area contributed by atoms with Crippen LogP contribution in [0.3, 0.4) is 0 Å². The third-order valence-electron chi connectivity index (χ3n) is 5.47. The zero-order valence-electron chi connectivity index (χ0n) is 17.5. The summed E-state index contributed by atoms with van der Waals surface area (Å²) in [5.41, 5.74) is 0.740. The second kappa shape index (κ2) is 10.4. The number of ether oxygens (including phenoxy) is 1. The van der Waals surface area contributed by atoms with E-state index in [1.165, 1.54) is 36.2 Å². The Hall–Kier alpha value is -3.20. The normalized spacial score (nSPS) is 14.2. The van der Waals surface area contributed by atoms with Crippen molar-refractivity contribution < 1.29 is 23.6 Å². The molecule has 0 N–H and O–H groups in total. The number of piperidine rings is 1. The molecule has 0 bridgehead atoms. The van der Waals surface area contributed by atoms with Crippen LogP contribution in [0.4, 0.5) is 15.8 Å². The van der Waals surface area contributed by atoms with Gasteiger partial charge in [0.2, 0.25) is 0 Å². The number of hydrogen-bond donors (Lipinski definition) is 0. The summed E-state index contributed by atoms with van der Waals surface area (Å²) in [5.74, 6) is -1.87. The highest BCUT2D eigenvalue weighted by atomic mass is 35.5. The fourth-order valence-corrected chi connectivity index (χ4v) is 3.83. The van der Waals surface area contributed by atoms with Crippen LogP contribution in [-0.2, 0) is 20.9 Å². The molecule has 3 rings (SSSR count). The van der Waals surface area contributed by atoms with Gasteiger partial charge in [0.05, 0.1) is 10.8 Å². The predicted octanol–water partition coefficient (Wildman–Crippen LogP) is 3.81. The number of para-hydroxylation sites is 2. The van der Waals surface area contributed by atoms with Gasteiger partial charge in [-0.2, -0.15) is 0 Å². The van der Waals surface area contributed by atoms with Crippen molar-refractivity contribution in [3.63, 3.8) is 0 Å². The molecule has 1 aliphatic rings. The van der Waals surface area contributed by atoms with Crippen LogP contribution in [0.2, 0.25) is 5.02 Å². The SMILES string of the molecule is CN(Cc1c(F)cccc1Cl)C(=O)COC(=O)C1CCN(c2ccccc2[N+](=O)[O-])CC1. The van der Waals surface area contributed by atoms with Crippen LogP contribution in [0.5, 0.6) is 0 Å². The first kappa shape index (κ1) is 23.5. The van der Waals surface area contributed by atoms with Gasteiger partial charge >= 0.3 is 5.97 Å². The molecule has 0 radical (unpaired) electrons. The number of benzene rings is 2. The second-order valence-corrected chi connectivity index (χ2v) is 7.97. The van der Waals surface area contributed by atoms with Crippen molar-refractivity contribution in [2.45, 2.75) is 19.4 Å². The average molecular weight is 464 g/mol. The number of carbonyl (C=O) groups excluding carboxylic acids is 2. The third kappa shape index (κ3) is 5.53. The maximum atomic E-state index is 13.9. The van der Waals surface area contributed by atoms with E-state index in [1.807, 2.05) is 4.90 Å². The molecule has 170 valence electrons. The summed E-state index contributed by atoms with van der Waals surface area (Å²) in [6.45, 7) is 0.427. The number of rotatable bonds is 7. The molecule has 2 aromatic rings. The van der Waals surface area contributed by atoms with E-state index in [4.69, 9.17) is 16.3 Å². The summed E-state index contributed by atoms with van der Waals surface area (Å²) >= 11 is 5.99. The standard InChI is InChI=1S/C22H23ClFN3O5/c1-25(13-16-17(23)5-4-6-18(16)24)21(28)14-32-22(29)15-9-11-26(12-10-15)19-7-2-3-8-20(19)27(30)31/h2-8,15H,9-14H2,1H3. The highest BCUT2D eigenvalue weighted by molar-refractivity contribution is 6.31. The van der Waals surface area contributed by atoms with Crippen LogP contribution in [0.25, 0.3) is 0 Å². The summed E-state index contributed by atoms with van der Waals surface area (Å²) in [6, 6.07) is 10.8. The van der Waals surface area contributed by atoms with Gasteiger partial charge in [-0.05, 0) is 31.0 Å². The number of likely N-dealkylation sites (N-methyl/N-ethyl adjacent to an activating group) is 1. The van der Waals surface area contributed by atoms with Crippen LogP contribution in [0.1, 0.15) is 18.4 Å². The number of nitro groups is 1. The lowest BCUT2D eigenvalue weighted by Crippen LogP contribution is -2.38. The van der Waals surface area contributed by atoms with Crippen LogP contribution in [-0.4, -0.2) is 48.4 Å². The summed E-state index contributed by atoms with van der Waals surface area (Å²) in [7, 11) is 1.48. The Balaban J connectivity index is 1.49. The van der Waals surface area contributed by atoms with Crippen molar-refractivity contribution in [2.24, 2.45) is 5.92 Å². The zero-order valence-corrected chi connectivity index (χ0v) is 18.3. The largest absolute Gasteiger partial charge is 0.455 e. The number of nitrogens with zero attached hydrogens (tertiary/aromatic N) is 3. The van der Waals surface area contributed by atoms with Crippen molar-refractivity contribution in [1.82, 2.24) is 4.90 Å². The van der Waals surface area contributed by atoms with E-state index in [0.717, 1.165) is 0 Å². The number of carbonyl (C=O) groups is 2. The molecule has 8 nitrogen and oxygen atoms in total. The van der Waals surface area contributed by atoms with Crippen LogP contribution in [0.15, 0.2) is 42.5 Å². The number of halogens is 2. The minimum atomic E-state index is -0.514. The lowest BCUT2D eigenvalue weighted by Gasteiger charge is -2.32.